The Kier molecular flexibility index (Phi) is 3.97. The second-order valence-electron chi connectivity index (χ2n) is 2.83. The van der Waals surface area contributed by atoms with Gasteiger partial charge in [0.05, 0.1) is 20.8 Å². The maximum absolute atomic E-state index is 7.61. The number of rotatable bonds is 4. The van der Waals surface area contributed by atoms with Crippen LogP contribution in [0.2, 0.25) is 0 Å². The van der Waals surface area contributed by atoms with Gasteiger partial charge in [0.2, 0.25) is 5.90 Å². The molecule has 0 aliphatic heterocycles. The molecule has 1 N–H and O–H groups in total. The van der Waals surface area contributed by atoms with Gasteiger partial charge in [0.15, 0.2) is 11.5 Å². The van der Waals surface area contributed by atoms with Crippen LogP contribution < -0.4 is 9.47 Å². The first-order chi connectivity index (χ1) is 7.22. The second kappa shape index (κ2) is 5.24. The molecule has 0 aliphatic rings. The largest absolute Gasteiger partial charge is 0.493 e. The molecule has 0 atom stereocenters. The van der Waals surface area contributed by atoms with E-state index in [0.29, 0.717) is 23.7 Å². The number of hydrogen-bond acceptors (Lipinski definition) is 4. The predicted octanol–water partition coefficient (Wildman–Crippen LogP) is 2.07. The Hall–Kier alpha value is -1.71. The highest BCUT2D eigenvalue weighted by atomic mass is 16.5. The summed E-state index contributed by atoms with van der Waals surface area (Å²) in [5, 5.41) is 7.61. The van der Waals surface area contributed by atoms with Crippen molar-refractivity contribution in [3.05, 3.63) is 23.8 Å². The summed E-state index contributed by atoms with van der Waals surface area (Å²) in [5.41, 5.74) is 0.675. The van der Waals surface area contributed by atoms with E-state index in [1.807, 2.05) is 6.92 Å². The number of ether oxygens (including phenoxy) is 3. The number of hydrogen-bond donors (Lipinski definition) is 1. The quantitative estimate of drug-likeness (QED) is 0.610. The molecule has 0 unspecified atom stereocenters. The first-order valence-corrected chi connectivity index (χ1v) is 4.66. The standard InChI is InChI=1S/C11H15NO3/c1-4-15-11(12)8-5-6-9(13-2)10(7-8)14-3/h5-7,12H,4H2,1-3H3. The molecule has 0 spiro atoms. The summed E-state index contributed by atoms with van der Waals surface area (Å²) < 4.78 is 15.3. The number of methoxy groups -OCH3 is 2. The third-order valence-corrected chi connectivity index (χ3v) is 1.93. The summed E-state index contributed by atoms with van der Waals surface area (Å²) in [4.78, 5) is 0. The molecule has 4 heteroatoms. The SMILES string of the molecule is CCOC(=N)c1ccc(OC)c(OC)c1. The summed E-state index contributed by atoms with van der Waals surface area (Å²) in [5.74, 6) is 1.38. The van der Waals surface area contributed by atoms with E-state index in [9.17, 15) is 0 Å². The molecule has 0 saturated carbocycles. The minimum Gasteiger partial charge on any atom is -0.493 e. The van der Waals surface area contributed by atoms with Gasteiger partial charge >= 0.3 is 0 Å². The van der Waals surface area contributed by atoms with E-state index in [1.54, 1.807) is 32.4 Å². The van der Waals surface area contributed by atoms with E-state index >= 15 is 0 Å². The summed E-state index contributed by atoms with van der Waals surface area (Å²) in [6.45, 7) is 2.32. The fourth-order valence-corrected chi connectivity index (χ4v) is 1.21. The van der Waals surface area contributed by atoms with Crippen LogP contribution in [0.1, 0.15) is 12.5 Å². The Bertz CT molecular complexity index is 350. The molecule has 0 heterocycles. The summed E-state index contributed by atoms with van der Waals surface area (Å²) in [7, 11) is 3.14. The zero-order valence-corrected chi connectivity index (χ0v) is 9.16. The van der Waals surface area contributed by atoms with Crippen LogP contribution in [-0.4, -0.2) is 26.7 Å². The van der Waals surface area contributed by atoms with Crippen LogP contribution in [-0.2, 0) is 4.74 Å². The Balaban J connectivity index is 2.97. The van der Waals surface area contributed by atoms with E-state index in [-0.39, 0.29) is 5.90 Å². The van der Waals surface area contributed by atoms with Gasteiger partial charge in [-0.15, -0.1) is 0 Å². The van der Waals surface area contributed by atoms with Crippen molar-refractivity contribution in [3.8, 4) is 11.5 Å². The fraction of sp³-hybridized carbons (Fsp3) is 0.364. The van der Waals surface area contributed by atoms with Gasteiger partial charge < -0.3 is 14.2 Å². The van der Waals surface area contributed by atoms with Crippen LogP contribution in [0, 0.1) is 5.41 Å². The highest BCUT2D eigenvalue weighted by Crippen LogP contribution is 2.27. The minimum absolute atomic E-state index is 0.137. The third kappa shape index (κ3) is 2.62. The van der Waals surface area contributed by atoms with Gasteiger partial charge in [-0.25, -0.2) is 0 Å². The normalized spacial score (nSPS) is 9.53. The molecule has 0 saturated heterocycles. The lowest BCUT2D eigenvalue weighted by Crippen LogP contribution is -2.05. The Morgan fingerprint density at radius 3 is 2.40 bits per heavy atom. The highest BCUT2D eigenvalue weighted by molar-refractivity contribution is 5.92. The molecule has 0 aromatic heterocycles. The van der Waals surface area contributed by atoms with E-state index in [1.165, 1.54) is 0 Å². The van der Waals surface area contributed by atoms with Crippen molar-refractivity contribution in [1.29, 1.82) is 5.41 Å². The topological polar surface area (TPSA) is 51.5 Å². The average molecular weight is 209 g/mol. The van der Waals surface area contributed by atoms with Crippen molar-refractivity contribution in [1.82, 2.24) is 0 Å². The van der Waals surface area contributed by atoms with Gasteiger partial charge in [-0.3, -0.25) is 5.41 Å². The lowest BCUT2D eigenvalue weighted by molar-refractivity contribution is 0.324. The first kappa shape index (κ1) is 11.4. The molecule has 4 nitrogen and oxygen atoms in total. The van der Waals surface area contributed by atoms with Gasteiger partial charge in [-0.2, -0.15) is 0 Å². The molecule has 0 bridgehead atoms. The molecule has 1 rings (SSSR count). The van der Waals surface area contributed by atoms with Crippen LogP contribution in [0.5, 0.6) is 11.5 Å². The van der Waals surface area contributed by atoms with Crippen molar-refractivity contribution in [2.75, 3.05) is 20.8 Å². The molecular formula is C11H15NO3. The van der Waals surface area contributed by atoms with Crippen LogP contribution >= 0.6 is 0 Å². The monoisotopic (exact) mass is 209 g/mol. The van der Waals surface area contributed by atoms with Crippen molar-refractivity contribution in [3.63, 3.8) is 0 Å². The smallest absolute Gasteiger partial charge is 0.213 e. The molecular weight excluding hydrogens is 194 g/mol. The maximum atomic E-state index is 7.61. The molecule has 1 aromatic rings. The molecule has 0 amide bonds. The molecule has 1 aromatic carbocycles. The zero-order chi connectivity index (χ0) is 11.3. The third-order valence-electron chi connectivity index (χ3n) is 1.93. The lowest BCUT2D eigenvalue weighted by atomic mass is 10.2. The maximum Gasteiger partial charge on any atom is 0.213 e. The summed E-state index contributed by atoms with van der Waals surface area (Å²) in [6.07, 6.45) is 0. The first-order valence-electron chi connectivity index (χ1n) is 4.66. The van der Waals surface area contributed by atoms with Crippen molar-refractivity contribution < 1.29 is 14.2 Å². The van der Waals surface area contributed by atoms with Crippen LogP contribution in [0.15, 0.2) is 18.2 Å². The van der Waals surface area contributed by atoms with E-state index in [2.05, 4.69) is 0 Å². The minimum atomic E-state index is 0.137. The predicted molar refractivity (Wildman–Crippen MR) is 58.0 cm³/mol. The van der Waals surface area contributed by atoms with Crippen molar-refractivity contribution >= 4 is 5.90 Å². The molecule has 0 radical (unpaired) electrons. The fourth-order valence-electron chi connectivity index (χ4n) is 1.21. The Morgan fingerprint density at radius 2 is 1.87 bits per heavy atom. The number of nitrogens with one attached hydrogen (secondary N) is 1. The Morgan fingerprint density at radius 1 is 1.20 bits per heavy atom. The van der Waals surface area contributed by atoms with Gasteiger partial charge in [0.25, 0.3) is 0 Å². The van der Waals surface area contributed by atoms with Crippen LogP contribution in [0.3, 0.4) is 0 Å². The molecule has 0 aliphatic carbocycles. The second-order valence-corrected chi connectivity index (χ2v) is 2.83. The zero-order valence-electron chi connectivity index (χ0n) is 9.16. The van der Waals surface area contributed by atoms with E-state index < -0.39 is 0 Å². The summed E-state index contributed by atoms with van der Waals surface area (Å²) in [6, 6.07) is 5.23. The lowest BCUT2D eigenvalue weighted by Gasteiger charge is -2.10. The van der Waals surface area contributed by atoms with Gasteiger partial charge in [0.1, 0.15) is 0 Å². The number of benzene rings is 1. The molecule has 15 heavy (non-hydrogen) atoms. The molecule has 82 valence electrons. The summed E-state index contributed by atoms with van der Waals surface area (Å²) >= 11 is 0. The van der Waals surface area contributed by atoms with Gasteiger partial charge in [-0.05, 0) is 25.1 Å². The van der Waals surface area contributed by atoms with Crippen molar-refractivity contribution in [2.24, 2.45) is 0 Å². The van der Waals surface area contributed by atoms with Crippen LogP contribution in [0.4, 0.5) is 0 Å². The van der Waals surface area contributed by atoms with Gasteiger partial charge in [-0.1, -0.05) is 0 Å². The Labute approximate surface area is 89.3 Å². The van der Waals surface area contributed by atoms with E-state index in [4.69, 9.17) is 19.6 Å². The van der Waals surface area contributed by atoms with Crippen LogP contribution in [0.25, 0.3) is 0 Å². The van der Waals surface area contributed by atoms with Gasteiger partial charge in [0, 0.05) is 5.56 Å². The van der Waals surface area contributed by atoms with E-state index in [0.717, 1.165) is 0 Å². The molecule has 0 fully saturated rings. The highest BCUT2D eigenvalue weighted by Gasteiger charge is 2.08. The average Bonchev–Trinajstić information content (AvgIpc) is 2.28. The van der Waals surface area contributed by atoms with Crippen molar-refractivity contribution in [2.45, 2.75) is 6.92 Å².